The third-order valence-corrected chi connectivity index (χ3v) is 4.27. The zero-order chi connectivity index (χ0) is 19.5. The van der Waals surface area contributed by atoms with Crippen LogP contribution >= 0.6 is 0 Å². The average molecular weight is 363 g/mol. The molecule has 2 aromatic carbocycles. The van der Waals surface area contributed by atoms with Crippen molar-refractivity contribution in [3.05, 3.63) is 72.8 Å². The molecule has 0 saturated heterocycles. The number of esters is 1. The van der Waals surface area contributed by atoms with E-state index in [2.05, 4.69) is 6.58 Å². The predicted molar refractivity (Wildman–Crippen MR) is 108 cm³/mol. The topological polar surface area (TPSA) is 47.9 Å². The van der Waals surface area contributed by atoms with Crippen LogP contribution in [0.5, 0.6) is 0 Å². The van der Waals surface area contributed by atoms with E-state index in [1.54, 1.807) is 6.08 Å². The molecule has 0 unspecified atom stereocenters. The summed E-state index contributed by atoms with van der Waals surface area (Å²) in [6.45, 7) is 9.46. The summed E-state index contributed by atoms with van der Waals surface area (Å²) in [5, 5.41) is 0. The summed E-state index contributed by atoms with van der Waals surface area (Å²) in [7, 11) is 0. The van der Waals surface area contributed by atoms with E-state index in [1.165, 1.54) is 0 Å². The van der Waals surface area contributed by atoms with Crippen LogP contribution in [0, 0.1) is 0 Å². The molecule has 1 aliphatic rings. The van der Waals surface area contributed by atoms with Crippen LogP contribution in [0.3, 0.4) is 0 Å². The van der Waals surface area contributed by atoms with E-state index in [0.29, 0.717) is 12.3 Å². The van der Waals surface area contributed by atoms with E-state index in [4.69, 9.17) is 14.5 Å². The lowest BCUT2D eigenvalue weighted by molar-refractivity contribution is -0.161. The number of hydrogen-bond donors (Lipinski definition) is 0. The summed E-state index contributed by atoms with van der Waals surface area (Å²) >= 11 is 0. The molecule has 2 aromatic rings. The summed E-state index contributed by atoms with van der Waals surface area (Å²) in [5.41, 5.74) is 1.26. The molecule has 4 nitrogen and oxygen atoms in total. The average Bonchev–Trinajstić information content (AvgIpc) is 3.07. The molecule has 1 atom stereocenters. The van der Waals surface area contributed by atoms with Crippen LogP contribution in [0.4, 0.5) is 0 Å². The lowest BCUT2D eigenvalue weighted by Crippen LogP contribution is -2.43. The number of carbonyl (C=O) groups excluding carboxylic acids is 1. The van der Waals surface area contributed by atoms with Gasteiger partial charge in [-0.05, 0) is 38.0 Å². The number of carbonyl (C=O) groups is 1. The Labute approximate surface area is 160 Å². The molecule has 0 N–H and O–H groups in total. The van der Waals surface area contributed by atoms with Crippen LogP contribution in [-0.2, 0) is 14.3 Å². The maximum atomic E-state index is 12.8. The minimum Gasteiger partial charge on any atom is -0.474 e. The fraction of sp³-hybridized carbons (Fsp3) is 0.304. The quantitative estimate of drug-likeness (QED) is 0.567. The van der Waals surface area contributed by atoms with E-state index < -0.39 is 11.1 Å². The van der Waals surface area contributed by atoms with Gasteiger partial charge in [0.05, 0.1) is 0 Å². The minimum atomic E-state index is -1.09. The summed E-state index contributed by atoms with van der Waals surface area (Å²) in [5.74, 6) is 0.0734. The van der Waals surface area contributed by atoms with Gasteiger partial charge in [-0.25, -0.2) is 9.79 Å². The fourth-order valence-electron chi connectivity index (χ4n) is 3.03. The summed E-state index contributed by atoms with van der Waals surface area (Å²) in [6.07, 6.45) is 2.04. The number of benzene rings is 2. The second kappa shape index (κ2) is 7.39. The van der Waals surface area contributed by atoms with Crippen molar-refractivity contribution in [1.29, 1.82) is 0 Å². The Kier molecular flexibility index (Phi) is 5.17. The SMILES string of the molecule is C=CC[C@]1(C(=O)OC(C)(C)C)COC(c2ccccc2-c2ccccc2)=N1. The van der Waals surface area contributed by atoms with Crippen molar-refractivity contribution in [3.8, 4) is 11.1 Å². The van der Waals surface area contributed by atoms with Gasteiger partial charge in [0.2, 0.25) is 5.90 Å². The Bertz CT molecular complexity index is 865. The van der Waals surface area contributed by atoms with Gasteiger partial charge in [-0.3, -0.25) is 0 Å². The molecule has 0 amide bonds. The highest BCUT2D eigenvalue weighted by Crippen LogP contribution is 2.32. The predicted octanol–water partition coefficient (Wildman–Crippen LogP) is 4.79. The van der Waals surface area contributed by atoms with Crippen LogP contribution in [0.2, 0.25) is 0 Å². The molecule has 0 aromatic heterocycles. The molecular formula is C23H25NO3. The van der Waals surface area contributed by atoms with E-state index in [1.807, 2.05) is 75.4 Å². The Morgan fingerprint density at radius 3 is 2.41 bits per heavy atom. The van der Waals surface area contributed by atoms with Gasteiger partial charge in [-0.2, -0.15) is 0 Å². The smallest absolute Gasteiger partial charge is 0.338 e. The molecule has 3 rings (SSSR count). The molecule has 140 valence electrons. The van der Waals surface area contributed by atoms with E-state index in [0.717, 1.165) is 16.7 Å². The van der Waals surface area contributed by atoms with Crippen molar-refractivity contribution >= 4 is 11.9 Å². The normalized spacial score (nSPS) is 19.1. The van der Waals surface area contributed by atoms with Crippen LogP contribution in [0.25, 0.3) is 11.1 Å². The molecule has 0 radical (unpaired) electrons. The Morgan fingerprint density at radius 1 is 1.15 bits per heavy atom. The lowest BCUT2D eigenvalue weighted by Gasteiger charge is -2.27. The lowest BCUT2D eigenvalue weighted by atomic mass is 9.97. The largest absolute Gasteiger partial charge is 0.474 e. The van der Waals surface area contributed by atoms with Gasteiger partial charge in [-0.1, -0.05) is 54.6 Å². The zero-order valence-corrected chi connectivity index (χ0v) is 16.1. The Balaban J connectivity index is 2.01. The maximum Gasteiger partial charge on any atom is 0.338 e. The van der Waals surface area contributed by atoms with Crippen LogP contribution in [0.15, 0.2) is 72.2 Å². The maximum absolute atomic E-state index is 12.8. The first-order valence-electron chi connectivity index (χ1n) is 9.06. The number of nitrogens with zero attached hydrogens (tertiary/aromatic N) is 1. The van der Waals surface area contributed by atoms with Gasteiger partial charge in [0.25, 0.3) is 0 Å². The molecule has 4 heteroatoms. The third kappa shape index (κ3) is 4.11. The summed E-state index contributed by atoms with van der Waals surface area (Å²) in [6, 6.07) is 17.9. The van der Waals surface area contributed by atoms with Gasteiger partial charge >= 0.3 is 5.97 Å². The third-order valence-electron chi connectivity index (χ3n) is 4.27. The van der Waals surface area contributed by atoms with Crippen molar-refractivity contribution in [2.45, 2.75) is 38.3 Å². The van der Waals surface area contributed by atoms with Gasteiger partial charge < -0.3 is 9.47 Å². The molecule has 0 bridgehead atoms. The van der Waals surface area contributed by atoms with Gasteiger partial charge in [-0.15, -0.1) is 6.58 Å². The summed E-state index contributed by atoms with van der Waals surface area (Å²) < 4.78 is 11.5. The number of ether oxygens (including phenoxy) is 2. The minimum absolute atomic E-state index is 0.145. The van der Waals surface area contributed by atoms with E-state index in [9.17, 15) is 4.79 Å². The van der Waals surface area contributed by atoms with Crippen molar-refractivity contribution < 1.29 is 14.3 Å². The number of hydrogen-bond acceptors (Lipinski definition) is 4. The molecule has 0 saturated carbocycles. The van der Waals surface area contributed by atoms with Crippen LogP contribution < -0.4 is 0 Å². The zero-order valence-electron chi connectivity index (χ0n) is 16.1. The number of aliphatic imine (C=N–C) groups is 1. The van der Waals surface area contributed by atoms with Crippen LogP contribution in [-0.4, -0.2) is 29.6 Å². The van der Waals surface area contributed by atoms with Crippen molar-refractivity contribution in [2.24, 2.45) is 4.99 Å². The highest BCUT2D eigenvalue weighted by molar-refractivity contribution is 6.04. The monoisotopic (exact) mass is 363 g/mol. The van der Waals surface area contributed by atoms with Crippen molar-refractivity contribution in [2.75, 3.05) is 6.61 Å². The molecular weight excluding hydrogens is 338 g/mol. The highest BCUT2D eigenvalue weighted by Gasteiger charge is 2.46. The Morgan fingerprint density at radius 2 is 1.78 bits per heavy atom. The van der Waals surface area contributed by atoms with Gasteiger partial charge in [0.15, 0.2) is 5.54 Å². The fourth-order valence-corrected chi connectivity index (χ4v) is 3.03. The van der Waals surface area contributed by atoms with E-state index >= 15 is 0 Å². The van der Waals surface area contributed by atoms with Gasteiger partial charge in [0.1, 0.15) is 12.2 Å². The second-order valence-corrected chi connectivity index (χ2v) is 7.64. The molecule has 0 spiro atoms. The first kappa shape index (κ1) is 18.9. The van der Waals surface area contributed by atoms with Crippen molar-refractivity contribution in [3.63, 3.8) is 0 Å². The first-order chi connectivity index (χ1) is 12.8. The first-order valence-corrected chi connectivity index (χ1v) is 9.06. The molecule has 27 heavy (non-hydrogen) atoms. The van der Waals surface area contributed by atoms with E-state index in [-0.39, 0.29) is 12.6 Å². The molecule has 0 aliphatic carbocycles. The van der Waals surface area contributed by atoms with Crippen LogP contribution in [0.1, 0.15) is 32.8 Å². The molecule has 1 heterocycles. The van der Waals surface area contributed by atoms with Gasteiger partial charge in [0, 0.05) is 12.0 Å². The molecule has 1 aliphatic heterocycles. The second-order valence-electron chi connectivity index (χ2n) is 7.64. The number of rotatable bonds is 5. The summed E-state index contributed by atoms with van der Waals surface area (Å²) in [4.78, 5) is 17.5. The highest BCUT2D eigenvalue weighted by atomic mass is 16.6. The molecule has 0 fully saturated rings. The van der Waals surface area contributed by atoms with Crippen molar-refractivity contribution in [1.82, 2.24) is 0 Å². The Hall–Kier alpha value is -2.88. The standard InChI is InChI=1S/C23H25NO3/c1-5-15-23(21(25)27-22(2,3)4)16-26-20(24-23)19-14-10-9-13-18(19)17-11-7-6-8-12-17/h5-14H,1,15-16H2,2-4H3/t23-/m1/s1.